The van der Waals surface area contributed by atoms with E-state index in [-0.39, 0.29) is 17.6 Å². The van der Waals surface area contributed by atoms with E-state index in [0.717, 1.165) is 44.0 Å². The van der Waals surface area contributed by atoms with Gasteiger partial charge in [0.15, 0.2) is 5.76 Å². The minimum Gasteiger partial charge on any atom is -0.459 e. The molecule has 0 atom stereocenters. The topological polar surface area (TPSA) is 77.8 Å². The van der Waals surface area contributed by atoms with E-state index in [1.807, 2.05) is 12.1 Å². The van der Waals surface area contributed by atoms with Crippen LogP contribution in [0.3, 0.4) is 0 Å². The van der Waals surface area contributed by atoms with Crippen LogP contribution in [0.15, 0.2) is 53.1 Å². The van der Waals surface area contributed by atoms with E-state index in [2.05, 4.69) is 40.3 Å². The second-order valence-corrected chi connectivity index (χ2v) is 8.56. The lowest BCUT2D eigenvalue weighted by Crippen LogP contribution is -2.46. The fourth-order valence-corrected chi connectivity index (χ4v) is 4.49. The van der Waals surface area contributed by atoms with Gasteiger partial charge >= 0.3 is 0 Å². The number of piperazine rings is 1. The van der Waals surface area contributed by atoms with Gasteiger partial charge in [0, 0.05) is 37.6 Å². The third-order valence-electron chi connectivity index (χ3n) is 5.43. The first-order valence-electron chi connectivity index (χ1n) is 10.4. The Morgan fingerprint density at radius 2 is 1.84 bits per heavy atom. The van der Waals surface area contributed by atoms with Crippen LogP contribution < -0.4 is 15.5 Å². The van der Waals surface area contributed by atoms with Crippen LogP contribution in [-0.4, -0.2) is 49.4 Å². The highest BCUT2D eigenvalue weighted by Gasteiger charge is 2.18. The van der Waals surface area contributed by atoms with Gasteiger partial charge in [-0.25, -0.2) is 0 Å². The van der Waals surface area contributed by atoms with Crippen molar-refractivity contribution >= 4 is 39.5 Å². The predicted octanol–water partition coefficient (Wildman–Crippen LogP) is 4.30. The average Bonchev–Trinajstić information content (AvgIpc) is 3.46. The molecule has 1 fully saturated rings. The van der Waals surface area contributed by atoms with E-state index in [1.165, 1.54) is 23.3 Å². The zero-order valence-corrected chi connectivity index (χ0v) is 18.5. The molecule has 3 heterocycles. The summed E-state index contributed by atoms with van der Waals surface area (Å²) in [5, 5.41) is 6.28. The summed E-state index contributed by atoms with van der Waals surface area (Å²) in [4.78, 5) is 30.1. The molecule has 2 amide bonds. The molecule has 1 saturated heterocycles. The number of anilines is 3. The van der Waals surface area contributed by atoms with Crippen LogP contribution in [0.5, 0.6) is 0 Å². The molecule has 0 aliphatic carbocycles. The van der Waals surface area contributed by atoms with Crippen molar-refractivity contribution in [2.45, 2.75) is 13.8 Å². The Hall–Kier alpha value is -3.10. The summed E-state index contributed by atoms with van der Waals surface area (Å²) < 4.78 is 5.08. The van der Waals surface area contributed by atoms with Gasteiger partial charge in [-0.3, -0.25) is 9.59 Å². The summed E-state index contributed by atoms with van der Waals surface area (Å²) in [6, 6.07) is 12.7. The number of likely N-dealkylation sites (N-methyl/N-ethyl adjacent to an activating group) is 1. The van der Waals surface area contributed by atoms with Gasteiger partial charge in [-0.2, -0.15) is 0 Å². The van der Waals surface area contributed by atoms with Crippen molar-refractivity contribution in [1.82, 2.24) is 4.90 Å². The van der Waals surface area contributed by atoms with Crippen LogP contribution in [0.1, 0.15) is 32.7 Å². The van der Waals surface area contributed by atoms with Crippen LogP contribution in [0, 0.1) is 6.92 Å². The van der Waals surface area contributed by atoms with Crippen molar-refractivity contribution in [3.8, 4) is 0 Å². The van der Waals surface area contributed by atoms with Crippen molar-refractivity contribution in [2.24, 2.45) is 0 Å². The van der Waals surface area contributed by atoms with Gasteiger partial charge in [-0.05, 0) is 61.5 Å². The van der Waals surface area contributed by atoms with Crippen LogP contribution in [-0.2, 0) is 0 Å². The van der Waals surface area contributed by atoms with Gasteiger partial charge in [-0.15, -0.1) is 11.3 Å². The standard InChI is InChI=1S/C23H26N4O3S/c1-3-26-10-12-27(13-11-26)18-7-6-17(15-16(18)2)24-23(29)20-8-9-21(31-20)25-22(28)19-5-4-14-30-19/h4-9,14-15H,3,10-13H2,1-2H3,(H,24,29)(H,25,28). The van der Waals surface area contributed by atoms with Gasteiger partial charge in [0.05, 0.1) is 16.1 Å². The molecule has 162 valence electrons. The lowest BCUT2D eigenvalue weighted by molar-refractivity contribution is 0.0995. The Kier molecular flexibility index (Phi) is 6.39. The highest BCUT2D eigenvalue weighted by atomic mass is 32.1. The third-order valence-corrected chi connectivity index (χ3v) is 6.43. The van der Waals surface area contributed by atoms with Gasteiger partial charge < -0.3 is 24.9 Å². The molecular weight excluding hydrogens is 412 g/mol. The molecule has 31 heavy (non-hydrogen) atoms. The number of carbonyl (C=O) groups is 2. The summed E-state index contributed by atoms with van der Waals surface area (Å²) >= 11 is 1.22. The number of amides is 2. The molecule has 8 heteroatoms. The zero-order valence-electron chi connectivity index (χ0n) is 17.7. The van der Waals surface area contributed by atoms with E-state index < -0.39 is 0 Å². The summed E-state index contributed by atoms with van der Waals surface area (Å²) in [5.74, 6) is -0.317. The van der Waals surface area contributed by atoms with Crippen molar-refractivity contribution in [3.63, 3.8) is 0 Å². The maximum atomic E-state index is 12.7. The molecule has 1 aromatic carbocycles. The number of rotatable bonds is 6. The smallest absolute Gasteiger partial charge is 0.291 e. The quantitative estimate of drug-likeness (QED) is 0.600. The molecule has 1 aliphatic heterocycles. The number of aryl methyl sites for hydroxylation is 1. The number of thiophene rings is 1. The lowest BCUT2D eigenvalue weighted by Gasteiger charge is -2.36. The van der Waals surface area contributed by atoms with E-state index >= 15 is 0 Å². The van der Waals surface area contributed by atoms with Crippen molar-refractivity contribution in [3.05, 3.63) is 64.9 Å². The van der Waals surface area contributed by atoms with Gasteiger partial charge in [0.25, 0.3) is 11.8 Å². The lowest BCUT2D eigenvalue weighted by atomic mass is 10.1. The Morgan fingerprint density at radius 3 is 2.52 bits per heavy atom. The predicted molar refractivity (Wildman–Crippen MR) is 124 cm³/mol. The molecule has 0 spiro atoms. The van der Waals surface area contributed by atoms with Crippen LogP contribution in [0.2, 0.25) is 0 Å². The Labute approximate surface area is 185 Å². The average molecular weight is 439 g/mol. The number of nitrogens with zero attached hydrogens (tertiary/aromatic N) is 2. The minimum absolute atomic E-state index is 0.202. The molecule has 0 unspecified atom stereocenters. The Balaban J connectivity index is 1.37. The van der Waals surface area contributed by atoms with E-state index in [9.17, 15) is 9.59 Å². The third kappa shape index (κ3) is 4.98. The molecule has 4 rings (SSSR count). The first kappa shape index (κ1) is 21.1. The normalized spacial score (nSPS) is 14.5. The molecule has 3 aromatic rings. The summed E-state index contributed by atoms with van der Waals surface area (Å²) in [5.41, 5.74) is 3.11. The number of benzene rings is 1. The molecule has 2 aromatic heterocycles. The zero-order chi connectivity index (χ0) is 21.8. The molecule has 0 bridgehead atoms. The van der Waals surface area contributed by atoms with Gasteiger partial charge in [-0.1, -0.05) is 6.92 Å². The monoisotopic (exact) mass is 438 g/mol. The fourth-order valence-electron chi connectivity index (χ4n) is 3.69. The van der Waals surface area contributed by atoms with Crippen LogP contribution >= 0.6 is 11.3 Å². The largest absolute Gasteiger partial charge is 0.459 e. The second-order valence-electron chi connectivity index (χ2n) is 7.47. The highest BCUT2D eigenvalue weighted by Crippen LogP contribution is 2.27. The van der Waals surface area contributed by atoms with E-state index in [4.69, 9.17) is 4.42 Å². The Morgan fingerprint density at radius 1 is 1.03 bits per heavy atom. The van der Waals surface area contributed by atoms with Gasteiger partial charge in [0.2, 0.25) is 0 Å². The summed E-state index contributed by atoms with van der Waals surface area (Å²) in [6.07, 6.45) is 1.45. The molecule has 0 saturated carbocycles. The van der Waals surface area contributed by atoms with E-state index in [0.29, 0.717) is 9.88 Å². The fraction of sp³-hybridized carbons (Fsp3) is 0.304. The second kappa shape index (κ2) is 9.36. The van der Waals surface area contributed by atoms with Crippen molar-refractivity contribution in [2.75, 3.05) is 48.3 Å². The summed E-state index contributed by atoms with van der Waals surface area (Å²) in [6.45, 7) is 9.54. The molecule has 7 nitrogen and oxygen atoms in total. The van der Waals surface area contributed by atoms with Crippen molar-refractivity contribution in [1.29, 1.82) is 0 Å². The number of furan rings is 1. The SMILES string of the molecule is CCN1CCN(c2ccc(NC(=O)c3ccc(NC(=O)c4ccco4)s3)cc2C)CC1. The molecule has 0 radical (unpaired) electrons. The number of nitrogens with one attached hydrogen (secondary N) is 2. The van der Waals surface area contributed by atoms with Gasteiger partial charge in [0.1, 0.15) is 0 Å². The first-order valence-corrected chi connectivity index (χ1v) is 11.2. The first-order chi connectivity index (χ1) is 15.0. The highest BCUT2D eigenvalue weighted by molar-refractivity contribution is 7.18. The number of hydrogen-bond donors (Lipinski definition) is 2. The number of carbonyl (C=O) groups excluding carboxylic acids is 2. The van der Waals surface area contributed by atoms with Crippen molar-refractivity contribution < 1.29 is 14.0 Å². The molecule has 2 N–H and O–H groups in total. The maximum absolute atomic E-state index is 12.7. The molecule has 1 aliphatic rings. The van der Waals surface area contributed by atoms with Crippen LogP contribution in [0.25, 0.3) is 0 Å². The Bertz CT molecular complexity index is 1050. The van der Waals surface area contributed by atoms with Crippen LogP contribution in [0.4, 0.5) is 16.4 Å². The number of hydrogen-bond acceptors (Lipinski definition) is 6. The van der Waals surface area contributed by atoms with E-state index in [1.54, 1.807) is 24.3 Å². The molecular formula is C23H26N4O3S. The maximum Gasteiger partial charge on any atom is 0.291 e. The summed E-state index contributed by atoms with van der Waals surface area (Å²) in [7, 11) is 0. The minimum atomic E-state index is -0.343.